The molecule has 7 nitrogen and oxygen atoms in total. The van der Waals surface area contributed by atoms with Gasteiger partial charge in [0.2, 0.25) is 10.0 Å². The van der Waals surface area contributed by atoms with Crippen LogP contribution in [0.1, 0.15) is 35.3 Å². The smallest absolute Gasteiger partial charge is 0.252 e. The SMILES string of the molecule is CC(C)(NC(=O)c1cccc(N(N)c2[c]cc(S(=O)(=O)NCc3ccccc3)cc2)c1)c1ccccc1. The Labute approximate surface area is 218 Å². The Morgan fingerprint density at radius 2 is 1.59 bits per heavy atom. The van der Waals surface area contributed by atoms with Crippen LogP contribution in [0.2, 0.25) is 0 Å². The summed E-state index contributed by atoms with van der Waals surface area (Å²) in [5, 5.41) is 4.42. The Hall–Kier alpha value is -3.98. The van der Waals surface area contributed by atoms with E-state index < -0.39 is 15.6 Å². The van der Waals surface area contributed by atoms with Gasteiger partial charge in [0.05, 0.1) is 21.8 Å². The molecule has 0 atom stereocenters. The summed E-state index contributed by atoms with van der Waals surface area (Å²) in [5.41, 5.74) is 2.73. The zero-order valence-electron chi connectivity index (χ0n) is 20.7. The molecule has 0 aliphatic rings. The number of sulfonamides is 1. The number of rotatable bonds is 9. The van der Waals surface area contributed by atoms with E-state index in [1.54, 1.807) is 30.3 Å². The lowest BCUT2D eigenvalue weighted by molar-refractivity contribution is 0.0912. The molecule has 0 aliphatic heterocycles. The molecule has 0 aromatic heterocycles. The van der Waals surface area contributed by atoms with Gasteiger partial charge in [0.1, 0.15) is 0 Å². The van der Waals surface area contributed by atoms with Crippen molar-refractivity contribution in [1.82, 2.24) is 10.0 Å². The van der Waals surface area contributed by atoms with Crippen LogP contribution in [0.15, 0.2) is 108 Å². The summed E-state index contributed by atoms with van der Waals surface area (Å²) in [6.07, 6.45) is 0. The molecule has 8 heteroatoms. The van der Waals surface area contributed by atoms with E-state index in [1.165, 1.54) is 17.1 Å². The van der Waals surface area contributed by atoms with Gasteiger partial charge >= 0.3 is 0 Å². The molecule has 0 saturated carbocycles. The molecule has 1 amide bonds. The number of hydrogen-bond donors (Lipinski definition) is 3. The number of carbonyl (C=O) groups is 1. The van der Waals surface area contributed by atoms with E-state index in [0.29, 0.717) is 16.9 Å². The first-order chi connectivity index (χ1) is 17.7. The summed E-state index contributed by atoms with van der Waals surface area (Å²) < 4.78 is 27.9. The first-order valence-corrected chi connectivity index (χ1v) is 13.2. The third-order valence-electron chi connectivity index (χ3n) is 5.95. The second-order valence-electron chi connectivity index (χ2n) is 9.09. The number of anilines is 2. The molecule has 0 fully saturated rings. The van der Waals surface area contributed by atoms with Crippen LogP contribution in [-0.2, 0) is 22.1 Å². The summed E-state index contributed by atoms with van der Waals surface area (Å²) in [5.74, 6) is 6.07. The molecule has 0 spiro atoms. The minimum atomic E-state index is -3.72. The number of nitrogens with one attached hydrogen (secondary N) is 2. The van der Waals surface area contributed by atoms with Crippen LogP contribution in [0.5, 0.6) is 0 Å². The number of nitrogens with zero attached hydrogens (tertiary/aromatic N) is 1. The molecular formula is C29H29N4O3S. The standard InChI is InChI=1S/C29H29N4O3S/c1-29(2,24-13-7-4-8-14-24)32-28(34)23-12-9-15-26(20-23)33(30)25-16-18-27(19-17-25)37(35,36)31-21-22-10-5-3-6-11-22/h3-16,18-20,31H,21,30H2,1-2H3,(H,32,34). The highest BCUT2D eigenvalue weighted by Gasteiger charge is 2.23. The van der Waals surface area contributed by atoms with E-state index in [2.05, 4.69) is 16.1 Å². The molecule has 1 radical (unpaired) electrons. The summed E-state index contributed by atoms with van der Waals surface area (Å²) in [4.78, 5) is 13.1. The van der Waals surface area contributed by atoms with Crippen molar-refractivity contribution in [1.29, 1.82) is 0 Å². The molecule has 189 valence electrons. The monoisotopic (exact) mass is 513 g/mol. The van der Waals surface area contributed by atoms with E-state index >= 15 is 0 Å². The van der Waals surface area contributed by atoms with Crippen LogP contribution < -0.4 is 20.9 Å². The summed E-state index contributed by atoms with van der Waals surface area (Å²) in [6.45, 7) is 4.07. The zero-order valence-corrected chi connectivity index (χ0v) is 21.5. The average molecular weight is 514 g/mol. The van der Waals surface area contributed by atoms with Gasteiger partial charge < -0.3 is 5.32 Å². The first kappa shape index (κ1) is 26.1. The lowest BCUT2D eigenvalue weighted by Gasteiger charge is -2.27. The second-order valence-corrected chi connectivity index (χ2v) is 10.9. The largest absolute Gasteiger partial charge is 0.343 e. The molecule has 4 rings (SSSR count). The normalized spacial score (nSPS) is 11.6. The maximum atomic E-state index is 13.0. The van der Waals surface area contributed by atoms with E-state index in [1.807, 2.05) is 74.5 Å². The second kappa shape index (κ2) is 11.0. The minimum absolute atomic E-state index is 0.0804. The zero-order chi connectivity index (χ0) is 26.5. The van der Waals surface area contributed by atoms with Crippen LogP contribution in [-0.4, -0.2) is 14.3 Å². The number of amides is 1. The molecule has 0 saturated heterocycles. The summed E-state index contributed by atoms with van der Waals surface area (Å²) in [6, 6.07) is 33.2. The minimum Gasteiger partial charge on any atom is -0.343 e. The summed E-state index contributed by atoms with van der Waals surface area (Å²) in [7, 11) is -3.72. The number of carbonyl (C=O) groups excluding carboxylic acids is 1. The summed E-state index contributed by atoms with van der Waals surface area (Å²) >= 11 is 0. The van der Waals surface area contributed by atoms with Gasteiger partial charge in [-0.05, 0) is 61.4 Å². The number of hydrazine groups is 1. The Morgan fingerprint density at radius 3 is 2.24 bits per heavy atom. The molecule has 0 aliphatic carbocycles. The lowest BCUT2D eigenvalue weighted by atomic mass is 9.94. The number of benzene rings is 4. The van der Waals surface area contributed by atoms with Gasteiger partial charge in [0.25, 0.3) is 5.91 Å². The van der Waals surface area contributed by atoms with Gasteiger partial charge in [-0.1, -0.05) is 66.7 Å². The molecular weight excluding hydrogens is 484 g/mol. The van der Waals surface area contributed by atoms with Crippen molar-refractivity contribution in [2.75, 3.05) is 5.01 Å². The van der Waals surface area contributed by atoms with Crippen molar-refractivity contribution in [2.24, 2.45) is 5.84 Å². The van der Waals surface area contributed by atoms with Gasteiger partial charge in [-0.25, -0.2) is 19.0 Å². The Balaban J connectivity index is 1.45. The molecule has 4 aromatic carbocycles. The molecule has 0 unspecified atom stereocenters. The van der Waals surface area contributed by atoms with E-state index in [-0.39, 0.29) is 17.3 Å². The van der Waals surface area contributed by atoms with Crippen LogP contribution in [0.3, 0.4) is 0 Å². The number of hydrogen-bond acceptors (Lipinski definition) is 5. The van der Waals surface area contributed by atoms with Crippen molar-refractivity contribution in [3.05, 3.63) is 126 Å². The highest BCUT2D eigenvalue weighted by Crippen LogP contribution is 2.25. The van der Waals surface area contributed by atoms with Crippen molar-refractivity contribution < 1.29 is 13.2 Å². The topological polar surface area (TPSA) is 105 Å². The van der Waals surface area contributed by atoms with Gasteiger partial charge in [-0.3, -0.25) is 9.80 Å². The lowest BCUT2D eigenvalue weighted by Crippen LogP contribution is -2.41. The van der Waals surface area contributed by atoms with Gasteiger partial charge in [0, 0.05) is 18.2 Å². The molecule has 0 heterocycles. The van der Waals surface area contributed by atoms with E-state index in [4.69, 9.17) is 5.84 Å². The van der Waals surface area contributed by atoms with Crippen molar-refractivity contribution in [3.63, 3.8) is 0 Å². The van der Waals surface area contributed by atoms with Crippen LogP contribution >= 0.6 is 0 Å². The Bertz CT molecular complexity index is 1460. The quantitative estimate of drug-likeness (QED) is 0.223. The predicted octanol–water partition coefficient (Wildman–Crippen LogP) is 4.64. The first-order valence-electron chi connectivity index (χ1n) is 11.7. The molecule has 0 bridgehead atoms. The third-order valence-corrected chi connectivity index (χ3v) is 7.35. The fraction of sp³-hybridized carbons (Fsp3) is 0.138. The van der Waals surface area contributed by atoms with E-state index in [0.717, 1.165) is 11.1 Å². The Morgan fingerprint density at radius 1 is 0.919 bits per heavy atom. The molecule has 4 aromatic rings. The van der Waals surface area contributed by atoms with Gasteiger partial charge in [-0.15, -0.1) is 0 Å². The molecule has 37 heavy (non-hydrogen) atoms. The number of nitrogens with two attached hydrogens (primary N) is 1. The third kappa shape index (κ3) is 6.42. The fourth-order valence-corrected chi connectivity index (χ4v) is 4.78. The van der Waals surface area contributed by atoms with Crippen molar-refractivity contribution in [2.45, 2.75) is 30.8 Å². The van der Waals surface area contributed by atoms with Crippen LogP contribution in [0.4, 0.5) is 11.4 Å². The highest BCUT2D eigenvalue weighted by atomic mass is 32.2. The van der Waals surface area contributed by atoms with Crippen LogP contribution in [0, 0.1) is 6.07 Å². The van der Waals surface area contributed by atoms with Gasteiger partial charge in [0.15, 0.2) is 0 Å². The van der Waals surface area contributed by atoms with E-state index in [9.17, 15) is 13.2 Å². The maximum absolute atomic E-state index is 13.0. The highest BCUT2D eigenvalue weighted by molar-refractivity contribution is 7.89. The fourth-order valence-electron chi connectivity index (χ4n) is 3.80. The maximum Gasteiger partial charge on any atom is 0.252 e. The van der Waals surface area contributed by atoms with Crippen molar-refractivity contribution >= 4 is 27.3 Å². The molecule has 4 N–H and O–H groups in total. The van der Waals surface area contributed by atoms with Crippen LogP contribution in [0.25, 0.3) is 0 Å². The van der Waals surface area contributed by atoms with Crippen molar-refractivity contribution in [3.8, 4) is 0 Å². The average Bonchev–Trinajstić information content (AvgIpc) is 2.92. The predicted molar refractivity (Wildman–Crippen MR) is 145 cm³/mol. The Kier molecular flexibility index (Phi) is 7.73. The van der Waals surface area contributed by atoms with Gasteiger partial charge in [-0.2, -0.15) is 0 Å².